The van der Waals surface area contributed by atoms with Crippen molar-refractivity contribution in [2.45, 2.75) is 44.7 Å². The fraction of sp³-hybridized carbons (Fsp3) is 0.600. The maximum atomic E-state index is 13.0. The molecule has 0 amide bonds. The molecule has 2 unspecified atom stereocenters. The van der Waals surface area contributed by atoms with Gasteiger partial charge >= 0.3 is 0 Å². The molecular weight excluding hydrogens is 290 g/mol. The van der Waals surface area contributed by atoms with Gasteiger partial charge in [-0.05, 0) is 51.0 Å². The second-order valence-electron chi connectivity index (χ2n) is 5.66. The van der Waals surface area contributed by atoms with E-state index in [9.17, 15) is 8.42 Å². The van der Waals surface area contributed by atoms with Crippen LogP contribution in [0.3, 0.4) is 0 Å². The number of rotatable bonds is 3. The van der Waals surface area contributed by atoms with Crippen LogP contribution < -0.4 is 4.74 Å². The van der Waals surface area contributed by atoms with Gasteiger partial charge < -0.3 is 9.47 Å². The van der Waals surface area contributed by atoms with Gasteiger partial charge in [0.05, 0.1) is 20.3 Å². The molecular formula is C15H23NO4S. The molecule has 0 aliphatic carbocycles. The second kappa shape index (κ2) is 5.94. The normalized spacial score (nSPS) is 24.0. The molecule has 0 N–H and O–H groups in total. The monoisotopic (exact) mass is 313 g/mol. The van der Waals surface area contributed by atoms with Crippen molar-refractivity contribution >= 4 is 10.0 Å². The molecule has 1 aliphatic heterocycles. The number of nitrogens with zero attached hydrogens (tertiary/aromatic N) is 1. The molecule has 1 heterocycles. The Morgan fingerprint density at radius 3 is 2.19 bits per heavy atom. The summed E-state index contributed by atoms with van der Waals surface area (Å²) in [6.45, 7) is 8.39. The first-order valence-corrected chi connectivity index (χ1v) is 8.49. The Labute approximate surface area is 126 Å². The zero-order valence-corrected chi connectivity index (χ0v) is 14.0. The minimum Gasteiger partial charge on any atom is -0.495 e. The van der Waals surface area contributed by atoms with Crippen molar-refractivity contribution in [1.82, 2.24) is 4.31 Å². The molecule has 5 nitrogen and oxygen atoms in total. The topological polar surface area (TPSA) is 55.8 Å². The molecule has 1 fully saturated rings. The Morgan fingerprint density at radius 2 is 1.67 bits per heavy atom. The highest BCUT2D eigenvalue weighted by Gasteiger charge is 2.38. The van der Waals surface area contributed by atoms with Gasteiger partial charge in [-0.25, -0.2) is 8.42 Å². The molecule has 1 aromatic rings. The first-order chi connectivity index (χ1) is 9.78. The van der Waals surface area contributed by atoms with Crippen molar-refractivity contribution in [3.05, 3.63) is 23.3 Å². The van der Waals surface area contributed by atoms with Crippen LogP contribution in [0.15, 0.2) is 17.0 Å². The lowest BCUT2D eigenvalue weighted by Crippen LogP contribution is -2.52. The van der Waals surface area contributed by atoms with Crippen molar-refractivity contribution in [2.75, 3.05) is 20.3 Å². The van der Waals surface area contributed by atoms with Crippen molar-refractivity contribution in [3.63, 3.8) is 0 Å². The molecule has 1 saturated heterocycles. The largest absolute Gasteiger partial charge is 0.495 e. The summed E-state index contributed by atoms with van der Waals surface area (Å²) < 4.78 is 38.3. The van der Waals surface area contributed by atoms with E-state index in [-0.39, 0.29) is 17.0 Å². The molecule has 0 saturated carbocycles. The lowest BCUT2D eigenvalue weighted by molar-refractivity contribution is 0.00630. The maximum absolute atomic E-state index is 13.0. The summed E-state index contributed by atoms with van der Waals surface area (Å²) >= 11 is 0. The molecule has 6 heteroatoms. The molecule has 0 aromatic heterocycles. The lowest BCUT2D eigenvalue weighted by Gasteiger charge is -2.37. The number of aryl methyl sites for hydroxylation is 2. The highest BCUT2D eigenvalue weighted by Crippen LogP contribution is 2.32. The van der Waals surface area contributed by atoms with E-state index in [2.05, 4.69) is 0 Å². The Hall–Kier alpha value is -1.11. The third-order valence-corrected chi connectivity index (χ3v) is 6.07. The van der Waals surface area contributed by atoms with Gasteiger partial charge in [0.15, 0.2) is 0 Å². The SMILES string of the molecule is COc1cc(C)c(C)cc1S(=O)(=O)N1C(C)COCC1C. The number of methoxy groups -OCH3 is 1. The third-order valence-electron chi connectivity index (χ3n) is 3.92. The average Bonchev–Trinajstić information content (AvgIpc) is 2.40. The van der Waals surface area contributed by atoms with Crippen LogP contribution in [0.1, 0.15) is 25.0 Å². The smallest absolute Gasteiger partial charge is 0.247 e. The van der Waals surface area contributed by atoms with Crippen molar-refractivity contribution in [1.29, 1.82) is 0 Å². The third kappa shape index (κ3) is 2.93. The van der Waals surface area contributed by atoms with Crippen LogP contribution in [0.4, 0.5) is 0 Å². The van der Waals surface area contributed by atoms with Gasteiger partial charge in [-0.1, -0.05) is 0 Å². The second-order valence-corrected chi connectivity index (χ2v) is 7.47. The van der Waals surface area contributed by atoms with Crippen LogP contribution in [0.2, 0.25) is 0 Å². The van der Waals surface area contributed by atoms with Gasteiger partial charge in [-0.15, -0.1) is 0 Å². The molecule has 2 rings (SSSR count). The summed E-state index contributed by atoms with van der Waals surface area (Å²) in [6.07, 6.45) is 0. The molecule has 0 radical (unpaired) electrons. The van der Waals surface area contributed by atoms with Crippen molar-refractivity contribution in [3.8, 4) is 5.75 Å². The van der Waals surface area contributed by atoms with Gasteiger partial charge in [0.1, 0.15) is 10.6 Å². The van der Waals surface area contributed by atoms with Crippen molar-refractivity contribution in [2.24, 2.45) is 0 Å². The van der Waals surface area contributed by atoms with E-state index in [1.807, 2.05) is 27.7 Å². The minimum absolute atomic E-state index is 0.190. The van der Waals surface area contributed by atoms with Gasteiger partial charge in [0.25, 0.3) is 0 Å². The molecule has 21 heavy (non-hydrogen) atoms. The van der Waals surface area contributed by atoms with Crippen LogP contribution in [-0.2, 0) is 14.8 Å². The van der Waals surface area contributed by atoms with Crippen LogP contribution >= 0.6 is 0 Å². The Morgan fingerprint density at radius 1 is 1.14 bits per heavy atom. The Balaban J connectivity index is 2.55. The summed E-state index contributed by atoms with van der Waals surface area (Å²) in [6, 6.07) is 3.09. The molecule has 1 aromatic carbocycles. The molecule has 0 bridgehead atoms. The van der Waals surface area contributed by atoms with Gasteiger partial charge in [0, 0.05) is 12.1 Å². The molecule has 0 spiro atoms. The van der Waals surface area contributed by atoms with E-state index < -0.39 is 10.0 Å². The predicted octanol–water partition coefficient (Wildman–Crippen LogP) is 2.11. The summed E-state index contributed by atoms with van der Waals surface area (Å²) in [7, 11) is -2.12. The summed E-state index contributed by atoms with van der Waals surface area (Å²) in [5.41, 5.74) is 1.94. The number of morpholine rings is 1. The zero-order chi connectivity index (χ0) is 15.8. The maximum Gasteiger partial charge on any atom is 0.247 e. The molecule has 2 atom stereocenters. The van der Waals surface area contributed by atoms with Crippen molar-refractivity contribution < 1.29 is 17.9 Å². The standard InChI is InChI=1S/C15H23NO4S/c1-10-6-14(19-5)15(7-11(10)2)21(17,18)16-12(3)8-20-9-13(16)4/h6-7,12-13H,8-9H2,1-5H3. The minimum atomic E-state index is -3.61. The fourth-order valence-electron chi connectivity index (χ4n) is 2.70. The first-order valence-electron chi connectivity index (χ1n) is 7.05. The summed E-state index contributed by atoms with van der Waals surface area (Å²) in [4.78, 5) is 0.230. The highest BCUT2D eigenvalue weighted by atomic mass is 32.2. The fourth-order valence-corrected chi connectivity index (χ4v) is 4.72. The first kappa shape index (κ1) is 16.3. The van der Waals surface area contributed by atoms with Crippen LogP contribution in [0, 0.1) is 13.8 Å². The quantitative estimate of drug-likeness (QED) is 0.857. The van der Waals surface area contributed by atoms with Gasteiger partial charge in [0.2, 0.25) is 10.0 Å². The highest BCUT2D eigenvalue weighted by molar-refractivity contribution is 7.89. The number of ether oxygens (including phenoxy) is 2. The van der Waals surface area contributed by atoms with E-state index in [4.69, 9.17) is 9.47 Å². The van der Waals surface area contributed by atoms with Crippen LogP contribution in [0.25, 0.3) is 0 Å². The number of sulfonamides is 1. The zero-order valence-electron chi connectivity index (χ0n) is 13.2. The van der Waals surface area contributed by atoms with E-state index >= 15 is 0 Å². The Bertz CT molecular complexity index is 617. The number of hydrogen-bond acceptors (Lipinski definition) is 4. The van der Waals surface area contributed by atoms with E-state index in [1.54, 1.807) is 12.1 Å². The van der Waals surface area contributed by atoms with E-state index in [0.29, 0.717) is 19.0 Å². The summed E-state index contributed by atoms with van der Waals surface area (Å²) in [5, 5.41) is 0. The van der Waals surface area contributed by atoms with Crippen LogP contribution in [-0.4, -0.2) is 45.1 Å². The molecule has 1 aliphatic rings. The predicted molar refractivity (Wildman–Crippen MR) is 81.2 cm³/mol. The van der Waals surface area contributed by atoms with Crippen LogP contribution in [0.5, 0.6) is 5.75 Å². The average molecular weight is 313 g/mol. The number of hydrogen-bond donors (Lipinski definition) is 0. The van der Waals surface area contributed by atoms with E-state index in [1.165, 1.54) is 11.4 Å². The van der Waals surface area contributed by atoms with E-state index in [0.717, 1.165) is 11.1 Å². The van der Waals surface area contributed by atoms with Gasteiger partial charge in [-0.2, -0.15) is 4.31 Å². The molecule has 118 valence electrons. The Kier molecular flexibility index (Phi) is 4.60. The van der Waals surface area contributed by atoms with Gasteiger partial charge in [-0.3, -0.25) is 0 Å². The lowest BCUT2D eigenvalue weighted by atomic mass is 10.1. The summed E-state index contributed by atoms with van der Waals surface area (Å²) in [5.74, 6) is 0.393. The number of benzene rings is 1.